The summed E-state index contributed by atoms with van der Waals surface area (Å²) in [5.74, 6) is -0.248. The lowest BCUT2D eigenvalue weighted by Crippen LogP contribution is -2.17. The number of benzene rings is 2. The number of nitrogens with zero attached hydrogens (tertiary/aromatic N) is 3. The van der Waals surface area contributed by atoms with E-state index in [-0.39, 0.29) is 5.91 Å². The third kappa shape index (κ3) is 3.18. The lowest BCUT2D eigenvalue weighted by atomic mass is 10.1. The fourth-order valence-electron chi connectivity index (χ4n) is 2.59. The summed E-state index contributed by atoms with van der Waals surface area (Å²) in [7, 11) is 0. The second-order valence-corrected chi connectivity index (χ2v) is 5.52. The minimum atomic E-state index is -0.248. The van der Waals surface area contributed by atoms with Crippen molar-refractivity contribution < 1.29 is 4.79 Å². The quantitative estimate of drug-likeness (QED) is 0.446. The predicted octanol–water partition coefficient (Wildman–Crippen LogP) is 3.12. The van der Waals surface area contributed by atoms with E-state index in [1.807, 2.05) is 60.9 Å². The van der Waals surface area contributed by atoms with Crippen molar-refractivity contribution in [1.29, 1.82) is 0 Å². The largest absolute Gasteiger partial charge is 0.361 e. The lowest BCUT2D eigenvalue weighted by molar-refractivity contribution is 0.0955. The molecule has 0 aliphatic rings. The van der Waals surface area contributed by atoms with E-state index >= 15 is 0 Å². The van der Waals surface area contributed by atoms with Gasteiger partial charge in [0.05, 0.1) is 11.9 Å². The predicted molar refractivity (Wildman–Crippen MR) is 96.9 cm³/mol. The third-order valence-corrected chi connectivity index (χ3v) is 3.83. The summed E-state index contributed by atoms with van der Waals surface area (Å²) >= 11 is 0. The van der Waals surface area contributed by atoms with Crippen LogP contribution in [-0.4, -0.2) is 26.9 Å². The van der Waals surface area contributed by atoms with Crippen LogP contribution >= 0.6 is 0 Å². The van der Waals surface area contributed by atoms with Crippen molar-refractivity contribution in [1.82, 2.24) is 20.2 Å². The van der Waals surface area contributed by atoms with Crippen molar-refractivity contribution in [3.8, 4) is 5.69 Å². The molecule has 0 radical (unpaired) electrons. The SMILES string of the molecule is O=C(NN=Cc1cccc(-n2cccn2)c1)c1ccc2[nH]ccc2c1. The number of carbonyl (C=O) groups is 1. The van der Waals surface area contributed by atoms with Gasteiger partial charge in [0.25, 0.3) is 5.91 Å². The molecule has 6 heteroatoms. The molecule has 6 nitrogen and oxygen atoms in total. The molecule has 0 bridgehead atoms. The summed E-state index contributed by atoms with van der Waals surface area (Å²) in [4.78, 5) is 15.3. The van der Waals surface area contributed by atoms with E-state index in [0.717, 1.165) is 22.2 Å². The molecule has 0 atom stereocenters. The van der Waals surface area contributed by atoms with Crippen molar-refractivity contribution in [3.63, 3.8) is 0 Å². The Morgan fingerprint density at radius 2 is 2.12 bits per heavy atom. The molecule has 0 aliphatic heterocycles. The summed E-state index contributed by atoms with van der Waals surface area (Å²) in [6, 6.07) is 17.0. The number of rotatable bonds is 4. The average Bonchev–Trinajstić information content (AvgIpc) is 3.33. The molecule has 2 aromatic heterocycles. The highest BCUT2D eigenvalue weighted by atomic mass is 16.2. The van der Waals surface area contributed by atoms with Crippen molar-refractivity contribution in [2.24, 2.45) is 5.10 Å². The number of H-pyrrole nitrogens is 1. The molecule has 4 aromatic rings. The zero-order chi connectivity index (χ0) is 17.1. The summed E-state index contributed by atoms with van der Waals surface area (Å²) < 4.78 is 1.77. The zero-order valence-electron chi connectivity index (χ0n) is 13.3. The van der Waals surface area contributed by atoms with Crippen LogP contribution in [0.15, 0.2) is 78.3 Å². The van der Waals surface area contributed by atoms with Gasteiger partial charge in [-0.05, 0) is 48.0 Å². The van der Waals surface area contributed by atoms with Gasteiger partial charge in [-0.2, -0.15) is 10.2 Å². The van der Waals surface area contributed by atoms with E-state index in [2.05, 4.69) is 20.6 Å². The van der Waals surface area contributed by atoms with Crippen molar-refractivity contribution in [3.05, 3.63) is 84.3 Å². The smallest absolute Gasteiger partial charge is 0.271 e. The number of nitrogens with one attached hydrogen (secondary N) is 2. The summed E-state index contributed by atoms with van der Waals surface area (Å²) in [5.41, 5.74) is 5.92. The highest BCUT2D eigenvalue weighted by molar-refractivity contribution is 5.98. The molecule has 2 aromatic carbocycles. The Kier molecular flexibility index (Phi) is 3.84. The lowest BCUT2D eigenvalue weighted by Gasteiger charge is -2.02. The van der Waals surface area contributed by atoms with Crippen molar-refractivity contribution >= 4 is 23.0 Å². The van der Waals surface area contributed by atoms with Crippen LogP contribution in [0.3, 0.4) is 0 Å². The molecule has 25 heavy (non-hydrogen) atoms. The van der Waals surface area contributed by atoms with Gasteiger partial charge in [0.15, 0.2) is 0 Å². The molecule has 0 saturated heterocycles. The van der Waals surface area contributed by atoms with Crippen LogP contribution in [0.1, 0.15) is 15.9 Å². The second kappa shape index (κ2) is 6.45. The number of aromatic nitrogens is 3. The molecular weight excluding hydrogens is 314 g/mol. The Morgan fingerprint density at radius 3 is 3.00 bits per heavy atom. The van der Waals surface area contributed by atoms with E-state index in [0.29, 0.717) is 5.56 Å². The van der Waals surface area contributed by atoms with Gasteiger partial charge in [0, 0.05) is 35.1 Å². The van der Waals surface area contributed by atoms with Crippen LogP contribution < -0.4 is 5.43 Å². The highest BCUT2D eigenvalue weighted by Crippen LogP contribution is 2.14. The maximum atomic E-state index is 12.2. The first-order valence-corrected chi connectivity index (χ1v) is 7.80. The monoisotopic (exact) mass is 329 g/mol. The summed E-state index contributed by atoms with van der Waals surface area (Å²) in [6.45, 7) is 0. The van der Waals surface area contributed by atoms with Gasteiger partial charge in [-0.1, -0.05) is 12.1 Å². The number of aromatic amines is 1. The number of hydrogen-bond acceptors (Lipinski definition) is 3. The van der Waals surface area contributed by atoms with Crippen LogP contribution in [0.2, 0.25) is 0 Å². The van der Waals surface area contributed by atoms with Gasteiger partial charge in [0.1, 0.15) is 0 Å². The van der Waals surface area contributed by atoms with Crippen LogP contribution in [0.25, 0.3) is 16.6 Å². The molecule has 2 heterocycles. The zero-order valence-corrected chi connectivity index (χ0v) is 13.3. The van der Waals surface area contributed by atoms with E-state index in [1.54, 1.807) is 23.2 Å². The molecule has 2 N–H and O–H groups in total. The summed E-state index contributed by atoms with van der Waals surface area (Å²) in [6.07, 6.45) is 7.05. The Bertz CT molecular complexity index is 1050. The van der Waals surface area contributed by atoms with Crippen LogP contribution in [0, 0.1) is 0 Å². The van der Waals surface area contributed by atoms with E-state index < -0.39 is 0 Å². The Labute approximate surface area is 143 Å². The van der Waals surface area contributed by atoms with Crippen molar-refractivity contribution in [2.45, 2.75) is 0 Å². The number of hydrogen-bond donors (Lipinski definition) is 2. The van der Waals surface area contributed by atoms with Gasteiger partial charge in [0.2, 0.25) is 0 Å². The molecule has 0 saturated carbocycles. The second-order valence-electron chi connectivity index (χ2n) is 5.52. The van der Waals surface area contributed by atoms with Crippen molar-refractivity contribution in [2.75, 3.05) is 0 Å². The minimum absolute atomic E-state index is 0.248. The topological polar surface area (TPSA) is 75.1 Å². The number of carbonyl (C=O) groups excluding carboxylic acids is 1. The van der Waals surface area contributed by atoms with E-state index in [4.69, 9.17) is 0 Å². The minimum Gasteiger partial charge on any atom is -0.361 e. The molecule has 0 fully saturated rings. The molecule has 0 spiro atoms. The molecule has 0 aliphatic carbocycles. The first-order valence-electron chi connectivity index (χ1n) is 7.80. The first-order chi connectivity index (χ1) is 12.3. The average molecular weight is 329 g/mol. The maximum absolute atomic E-state index is 12.2. The van der Waals surface area contributed by atoms with Gasteiger partial charge < -0.3 is 4.98 Å². The van der Waals surface area contributed by atoms with E-state index in [9.17, 15) is 4.79 Å². The Hall–Kier alpha value is -3.67. The molecular formula is C19H15N5O. The normalized spacial score (nSPS) is 11.2. The highest BCUT2D eigenvalue weighted by Gasteiger charge is 2.05. The van der Waals surface area contributed by atoms with Gasteiger partial charge in [-0.3, -0.25) is 4.79 Å². The first kappa shape index (κ1) is 14.9. The Morgan fingerprint density at radius 1 is 1.16 bits per heavy atom. The standard InChI is InChI=1S/C19H15N5O/c25-19(16-5-6-18-15(12-16)7-9-20-18)23-21-13-14-3-1-4-17(11-14)24-10-2-8-22-24/h1-13,20H,(H,23,25). The molecule has 122 valence electrons. The van der Waals surface area contributed by atoms with Gasteiger partial charge in [-0.25, -0.2) is 10.1 Å². The fourth-order valence-corrected chi connectivity index (χ4v) is 2.59. The van der Waals surface area contributed by atoms with Crippen LogP contribution in [-0.2, 0) is 0 Å². The van der Waals surface area contributed by atoms with Crippen LogP contribution in [0.4, 0.5) is 0 Å². The maximum Gasteiger partial charge on any atom is 0.271 e. The third-order valence-electron chi connectivity index (χ3n) is 3.83. The number of amides is 1. The molecule has 1 amide bonds. The Balaban J connectivity index is 1.47. The van der Waals surface area contributed by atoms with Gasteiger partial charge >= 0.3 is 0 Å². The van der Waals surface area contributed by atoms with Gasteiger partial charge in [-0.15, -0.1) is 0 Å². The van der Waals surface area contributed by atoms with Crippen LogP contribution in [0.5, 0.6) is 0 Å². The molecule has 0 unspecified atom stereocenters. The number of fused-ring (bicyclic) bond motifs is 1. The fraction of sp³-hybridized carbons (Fsp3) is 0. The number of hydrazone groups is 1. The van der Waals surface area contributed by atoms with E-state index in [1.165, 1.54) is 0 Å². The summed E-state index contributed by atoms with van der Waals surface area (Å²) in [5, 5.41) is 9.23. The molecule has 4 rings (SSSR count).